The average molecular weight is 2020 g/mol. The van der Waals surface area contributed by atoms with Gasteiger partial charge in [0.05, 0.1) is 6.61 Å². The zero-order valence-corrected chi connectivity index (χ0v) is 103. The number of ether oxygens (including phenoxy) is 1. The first kappa shape index (κ1) is 127. The maximum absolute atomic E-state index is 5.54. The van der Waals surface area contributed by atoms with Crippen LogP contribution in [0, 0.1) is 51.2 Å². The number of nitrogens with zero attached hydrogens (tertiary/aromatic N) is 13. The Morgan fingerprint density at radius 2 is 0.611 bits per heavy atom. The fraction of sp³-hybridized carbons (Fsp3) is 1.00. The molecule has 15 saturated heterocycles. The summed E-state index contributed by atoms with van der Waals surface area (Å²) in [6.45, 7) is 105. The molecule has 144 heavy (non-hydrogen) atoms. The van der Waals surface area contributed by atoms with Crippen LogP contribution in [0.2, 0.25) is 0 Å². The first-order valence-electron chi connectivity index (χ1n) is 63.7. The quantitative estimate of drug-likeness (QED) is 0.242. The molecule has 20 rings (SSSR count). The number of likely N-dealkylation sites (tertiary alicyclic amines) is 12. The number of hydrogen-bond acceptors (Lipinski definition) is 16. The van der Waals surface area contributed by atoms with E-state index >= 15 is 0 Å². The second-order valence-electron chi connectivity index (χ2n) is 58.9. The monoisotopic (exact) mass is 2020 g/mol. The lowest BCUT2D eigenvalue weighted by Gasteiger charge is -2.60. The molecule has 15 aliphatic heterocycles. The van der Waals surface area contributed by atoms with Gasteiger partial charge < -0.3 is 49.7 Å². The van der Waals surface area contributed by atoms with E-state index in [1.807, 2.05) is 0 Å². The van der Waals surface area contributed by atoms with E-state index in [9.17, 15) is 0 Å². The van der Waals surface area contributed by atoms with E-state index in [1.165, 1.54) is 453 Å². The number of rotatable bonds is 8. The lowest BCUT2D eigenvalue weighted by atomic mass is 9.62. The zero-order chi connectivity index (χ0) is 105. The van der Waals surface area contributed by atoms with Gasteiger partial charge in [-0.25, -0.2) is 0 Å². The number of hydrogen-bond donors (Lipinski definition) is 2. The van der Waals surface area contributed by atoms with Crippen LogP contribution in [-0.2, 0) is 4.74 Å². The van der Waals surface area contributed by atoms with Crippen molar-refractivity contribution in [3.05, 3.63) is 0 Å². The van der Waals surface area contributed by atoms with Crippen molar-refractivity contribution in [2.45, 2.75) is 565 Å². The van der Waals surface area contributed by atoms with Gasteiger partial charge in [-0.05, 0) is 600 Å². The van der Waals surface area contributed by atoms with Gasteiger partial charge in [-0.3, -0.25) is 29.4 Å². The molecule has 0 amide bonds. The lowest BCUT2D eigenvalue weighted by molar-refractivity contribution is -0.104. The van der Waals surface area contributed by atoms with Crippen molar-refractivity contribution < 1.29 is 4.74 Å². The van der Waals surface area contributed by atoms with Crippen LogP contribution < -0.4 is 10.6 Å². The normalized spacial score (nSPS) is 28.5. The van der Waals surface area contributed by atoms with E-state index in [0.717, 1.165) is 108 Å². The summed E-state index contributed by atoms with van der Waals surface area (Å²) in [5.74, 6) is 4.92. The summed E-state index contributed by atoms with van der Waals surface area (Å²) < 4.78 is 5.54. The van der Waals surface area contributed by atoms with Crippen molar-refractivity contribution in [3.63, 3.8) is 0 Å². The third-order valence-corrected chi connectivity index (χ3v) is 40.3. The molecule has 0 aromatic carbocycles. The Kier molecular flexibility index (Phi) is 54.5. The average Bonchev–Trinajstić information content (AvgIpc) is 0.779. The van der Waals surface area contributed by atoms with E-state index in [0.29, 0.717) is 38.6 Å². The summed E-state index contributed by atoms with van der Waals surface area (Å²) in [5.41, 5.74) is 5.30. The highest BCUT2D eigenvalue weighted by Crippen LogP contribution is 2.55. The third-order valence-electron chi connectivity index (χ3n) is 40.3. The standard InChI is InChI=1S/2C13H26N2.C13H25N.C12H23NO.C12H22.C11H22N2.C11H21N.C10H19N.C9H20N2.C9H19N.C8H17N.C7H15N/c2*1-12(2)14-10-6-13(7-11-14)15-8-4-3-5-9-15;1-12(2,3)14-10-8-13(9-11-14)6-4-5-7-13;1-11(2,3)13-7-4-12(5-8-13)6-9-14-10-12;1-10(2)11-5-8-12(9-11)6-3-4-7-12;1-12-9-5-11(6-10-12)13-7-3-2-4-8-13;1-11(2,3)12-7-9-5-4-6-10(9)8-12;1-9(2,3)11-7-10(8-11)5-4-6-10;1-9(2,3)11-7-4-5-10-6-8-11;1-9(2,3)10-7-5-4-6-8-10;1-8(2)9-6-4-3-5-7-9;1-6(2)7-4-3-5-8-7/h2*12-13H,3-11H2,1-2H3;4-11H2,1-3H3;4-10H2,1-3H3;10-11H,3-9H2,1-2H3;11H,2-10H2,1H3;9-10H,4-8H2,1-3H3;4-8H2,1-3H3;10H,4-8H2,1-3H3;4-8H2,1-3H3;8H,3-7H2,1-2H3;6-8H,3-5H2,1-2H3. The highest BCUT2D eigenvalue weighted by atomic mass is 16.5. The largest absolute Gasteiger partial charge is 0.381 e. The minimum atomic E-state index is 0.348. The predicted octanol–water partition coefficient (Wildman–Crippen LogP) is 27.4. The molecule has 5 aliphatic carbocycles. The topological polar surface area (TPSA) is 75.4 Å². The fourth-order valence-corrected chi connectivity index (χ4v) is 28.9. The van der Waals surface area contributed by atoms with Gasteiger partial charge in [0.1, 0.15) is 0 Å². The van der Waals surface area contributed by atoms with Crippen LogP contribution in [0.15, 0.2) is 0 Å². The van der Waals surface area contributed by atoms with Crippen molar-refractivity contribution in [2.75, 3.05) is 210 Å². The maximum atomic E-state index is 5.54. The summed E-state index contributed by atoms with van der Waals surface area (Å²) in [6.07, 6.45) is 66.6. The Morgan fingerprint density at radius 1 is 0.257 bits per heavy atom. The molecule has 0 bridgehead atoms. The van der Waals surface area contributed by atoms with Gasteiger partial charge >= 0.3 is 0 Å². The van der Waals surface area contributed by atoms with E-state index in [2.05, 4.69) is 275 Å². The zero-order valence-electron chi connectivity index (χ0n) is 103. The highest BCUT2D eigenvalue weighted by molar-refractivity contribution is 5.05. The summed E-state index contributed by atoms with van der Waals surface area (Å²) in [4.78, 5) is 34.2. The second kappa shape index (κ2) is 61.9. The number of nitrogens with one attached hydrogen (secondary N) is 2. The van der Waals surface area contributed by atoms with Crippen molar-refractivity contribution in [1.82, 2.24) is 74.3 Å². The first-order chi connectivity index (χ1) is 68.1. The molecule has 20 aliphatic rings. The van der Waals surface area contributed by atoms with E-state index in [-0.39, 0.29) is 0 Å². The minimum Gasteiger partial charge on any atom is -0.381 e. The Morgan fingerprint density at radius 3 is 0.938 bits per heavy atom. The van der Waals surface area contributed by atoms with Gasteiger partial charge in [0.15, 0.2) is 0 Å². The second-order valence-corrected chi connectivity index (χ2v) is 58.9. The van der Waals surface area contributed by atoms with Gasteiger partial charge in [0.25, 0.3) is 0 Å². The van der Waals surface area contributed by atoms with Crippen LogP contribution in [0.3, 0.4) is 0 Å². The molecule has 0 aromatic heterocycles. The molecule has 5 saturated carbocycles. The maximum Gasteiger partial charge on any atom is 0.0524 e. The molecule has 4 spiro atoms. The van der Waals surface area contributed by atoms with E-state index in [1.54, 1.807) is 25.7 Å². The Balaban J connectivity index is 0.000000176. The van der Waals surface area contributed by atoms with Gasteiger partial charge in [-0.2, -0.15) is 0 Å². The lowest BCUT2D eigenvalue weighted by Crippen LogP contribution is -2.64. The molecule has 16 nitrogen and oxygen atoms in total. The molecule has 4 atom stereocenters. The highest BCUT2D eigenvalue weighted by Gasteiger charge is 2.51. The van der Waals surface area contributed by atoms with Crippen LogP contribution in [-0.4, -0.2) is 349 Å². The van der Waals surface area contributed by atoms with Crippen molar-refractivity contribution in [2.24, 2.45) is 51.2 Å². The van der Waals surface area contributed by atoms with Gasteiger partial charge in [-0.1, -0.05) is 98.3 Å². The Hall–Kier alpha value is -0.640. The molecule has 848 valence electrons. The van der Waals surface area contributed by atoms with Crippen LogP contribution in [0.25, 0.3) is 0 Å². The van der Waals surface area contributed by atoms with Gasteiger partial charge in [-0.15, -0.1) is 0 Å². The molecule has 0 radical (unpaired) electrons. The molecule has 4 unspecified atom stereocenters. The number of piperidine rings is 10. The summed E-state index contributed by atoms with van der Waals surface area (Å²) >= 11 is 0. The molecule has 2 N–H and O–H groups in total. The van der Waals surface area contributed by atoms with Crippen molar-refractivity contribution in [3.8, 4) is 0 Å². The molecular formula is C128H255N15O. The van der Waals surface area contributed by atoms with Gasteiger partial charge in [0.2, 0.25) is 0 Å². The van der Waals surface area contributed by atoms with Crippen LogP contribution >= 0.6 is 0 Å². The summed E-state index contributed by atoms with van der Waals surface area (Å²) in [5, 5.41) is 6.86. The third kappa shape index (κ3) is 44.1. The number of fused-ring (bicyclic) bond motifs is 1. The van der Waals surface area contributed by atoms with Gasteiger partial charge in [0, 0.05) is 121 Å². The molecular weight excluding hydrogens is 1760 g/mol. The molecule has 15 heterocycles. The molecule has 0 aromatic rings. The molecule has 16 heteroatoms. The fourth-order valence-electron chi connectivity index (χ4n) is 28.9. The van der Waals surface area contributed by atoms with Crippen molar-refractivity contribution >= 4 is 0 Å². The smallest absolute Gasteiger partial charge is 0.0524 e. The first-order valence-corrected chi connectivity index (χ1v) is 63.7. The minimum absolute atomic E-state index is 0.348. The Bertz CT molecular complexity index is 3120. The predicted molar refractivity (Wildman–Crippen MR) is 629 cm³/mol. The van der Waals surface area contributed by atoms with Crippen molar-refractivity contribution in [1.29, 1.82) is 0 Å². The SMILES string of the molecule is CC(C)(C)N1CC2(CCC2)C1.CC(C)(C)N1CC2CCCC2C1.CC(C)(C)N1CCC2(CCCC2)CC1.CC(C)(C)N1CCC2(CCOC2)CC1.CC(C)(C)N1CCCCC1.CC(C)(C)N1CCCNCC1.CC(C)C1CCC2(CCCC2)C1.CC(C)C1CCCN1.CC(C)N1CCC(N2CCCCC2)CC1.CC(C)N1CCC(N2CCCCC2)CC1.CC(C)N1CCCCC1.CN1CCC(N2CCCCC2)CC1. The summed E-state index contributed by atoms with van der Waals surface area (Å²) in [7, 11) is 2.24. The van der Waals surface area contributed by atoms with Crippen LogP contribution in [0.5, 0.6) is 0 Å². The Labute approximate surface area is 899 Å². The van der Waals surface area contributed by atoms with Crippen LogP contribution in [0.1, 0.15) is 489 Å². The van der Waals surface area contributed by atoms with E-state index in [4.69, 9.17) is 4.74 Å². The van der Waals surface area contributed by atoms with Crippen LogP contribution in [0.4, 0.5) is 0 Å². The summed E-state index contributed by atoms with van der Waals surface area (Å²) in [6, 6.07) is 5.79. The molecule has 20 fully saturated rings. The van der Waals surface area contributed by atoms with E-state index < -0.39 is 0 Å².